The molecule has 0 aliphatic rings. The van der Waals surface area contributed by atoms with Crippen molar-refractivity contribution >= 4 is 5.91 Å². The lowest BCUT2D eigenvalue weighted by atomic mass is 10.0. The summed E-state index contributed by atoms with van der Waals surface area (Å²) in [7, 11) is 0. The van der Waals surface area contributed by atoms with Crippen LogP contribution in [0.5, 0.6) is 0 Å². The second-order valence-electron chi connectivity index (χ2n) is 19.3. The van der Waals surface area contributed by atoms with Gasteiger partial charge in [-0.3, -0.25) is 4.79 Å². The largest absolute Gasteiger partial charge is 0.394 e. The van der Waals surface area contributed by atoms with Crippen molar-refractivity contribution < 1.29 is 15.0 Å². The molecular formula is C66H111NO3. The summed E-state index contributed by atoms with van der Waals surface area (Å²) in [5.41, 5.74) is 0. The Labute approximate surface area is 434 Å². The highest BCUT2D eigenvalue weighted by Gasteiger charge is 2.17. The van der Waals surface area contributed by atoms with E-state index in [2.05, 4.69) is 141 Å². The number of amides is 1. The summed E-state index contributed by atoms with van der Waals surface area (Å²) in [6.07, 6.45) is 93.3. The van der Waals surface area contributed by atoms with Crippen LogP contribution in [0.1, 0.15) is 258 Å². The number of carbonyl (C=O) groups excluding carboxylic acids is 1. The van der Waals surface area contributed by atoms with Crippen LogP contribution in [0, 0.1) is 0 Å². The fraction of sp³-hybridized carbons (Fsp3) is 0.652. The van der Waals surface area contributed by atoms with E-state index in [4.69, 9.17) is 0 Å². The average molecular weight is 967 g/mol. The lowest BCUT2D eigenvalue weighted by Crippen LogP contribution is -2.45. The molecule has 0 saturated heterocycles. The Morgan fingerprint density at radius 2 is 0.643 bits per heavy atom. The SMILES string of the molecule is CC/C=C\C/C=C\C/C=C\C/C=C\C/C=C\C/C=C\C/C=C\C/C=C\CCCCCCCCC(=O)NC(CO)C(O)/C=C/CC/C=C/CC/C=C/CCCCCCCCCCCCCCCCCCC. The molecule has 0 heterocycles. The van der Waals surface area contributed by atoms with E-state index in [0.717, 1.165) is 103 Å². The highest BCUT2D eigenvalue weighted by molar-refractivity contribution is 5.76. The third-order valence-corrected chi connectivity index (χ3v) is 12.6. The summed E-state index contributed by atoms with van der Waals surface area (Å²) in [6.45, 7) is 4.18. The van der Waals surface area contributed by atoms with Gasteiger partial charge in [0.25, 0.3) is 0 Å². The van der Waals surface area contributed by atoms with Gasteiger partial charge in [0.2, 0.25) is 5.91 Å². The van der Waals surface area contributed by atoms with E-state index in [1.807, 2.05) is 6.08 Å². The van der Waals surface area contributed by atoms with Crippen LogP contribution in [0.25, 0.3) is 0 Å². The molecule has 0 bridgehead atoms. The normalized spacial score (nSPS) is 13.8. The fourth-order valence-corrected chi connectivity index (χ4v) is 8.17. The van der Waals surface area contributed by atoms with Gasteiger partial charge < -0.3 is 15.5 Å². The van der Waals surface area contributed by atoms with Gasteiger partial charge >= 0.3 is 0 Å². The van der Waals surface area contributed by atoms with Crippen molar-refractivity contribution in [2.75, 3.05) is 6.61 Å². The van der Waals surface area contributed by atoms with Gasteiger partial charge in [-0.05, 0) is 109 Å². The molecule has 0 spiro atoms. The lowest BCUT2D eigenvalue weighted by Gasteiger charge is -2.19. The smallest absolute Gasteiger partial charge is 0.220 e. The van der Waals surface area contributed by atoms with Gasteiger partial charge in [-0.2, -0.15) is 0 Å². The summed E-state index contributed by atoms with van der Waals surface area (Å²) in [5.74, 6) is -0.0970. The van der Waals surface area contributed by atoms with Crippen molar-refractivity contribution in [3.8, 4) is 0 Å². The van der Waals surface area contributed by atoms with Crippen LogP contribution in [-0.2, 0) is 4.79 Å². The number of unbranched alkanes of at least 4 members (excludes halogenated alkanes) is 25. The van der Waals surface area contributed by atoms with E-state index in [9.17, 15) is 15.0 Å². The third kappa shape index (κ3) is 55.5. The molecule has 0 aliphatic heterocycles. The van der Waals surface area contributed by atoms with Gasteiger partial charge in [0.05, 0.1) is 18.8 Å². The molecule has 2 atom stereocenters. The molecule has 70 heavy (non-hydrogen) atoms. The zero-order valence-corrected chi connectivity index (χ0v) is 45.7. The summed E-state index contributed by atoms with van der Waals surface area (Å²) >= 11 is 0. The van der Waals surface area contributed by atoms with Gasteiger partial charge in [-0.1, -0.05) is 276 Å². The van der Waals surface area contributed by atoms with E-state index in [0.29, 0.717) is 6.42 Å². The predicted molar refractivity (Wildman–Crippen MR) is 312 cm³/mol. The number of aliphatic hydroxyl groups excluding tert-OH is 2. The van der Waals surface area contributed by atoms with E-state index >= 15 is 0 Å². The van der Waals surface area contributed by atoms with Crippen LogP contribution in [0.3, 0.4) is 0 Å². The van der Waals surface area contributed by atoms with Gasteiger partial charge in [-0.25, -0.2) is 0 Å². The molecule has 4 nitrogen and oxygen atoms in total. The molecule has 0 rings (SSSR count). The first kappa shape index (κ1) is 66.5. The first-order valence-corrected chi connectivity index (χ1v) is 29.4. The van der Waals surface area contributed by atoms with E-state index < -0.39 is 12.1 Å². The Morgan fingerprint density at radius 3 is 1.00 bits per heavy atom. The van der Waals surface area contributed by atoms with E-state index in [-0.39, 0.29) is 12.5 Å². The van der Waals surface area contributed by atoms with Crippen LogP contribution in [0.15, 0.2) is 134 Å². The molecule has 2 unspecified atom stereocenters. The maximum Gasteiger partial charge on any atom is 0.220 e. The monoisotopic (exact) mass is 966 g/mol. The van der Waals surface area contributed by atoms with Gasteiger partial charge in [0.15, 0.2) is 0 Å². The van der Waals surface area contributed by atoms with Crippen LogP contribution in [0.4, 0.5) is 0 Å². The number of hydrogen-bond acceptors (Lipinski definition) is 3. The van der Waals surface area contributed by atoms with Gasteiger partial charge in [0, 0.05) is 6.42 Å². The second-order valence-corrected chi connectivity index (χ2v) is 19.3. The molecule has 3 N–H and O–H groups in total. The lowest BCUT2D eigenvalue weighted by molar-refractivity contribution is -0.123. The zero-order valence-electron chi connectivity index (χ0n) is 45.7. The number of aliphatic hydroxyl groups is 2. The molecule has 0 saturated carbocycles. The van der Waals surface area contributed by atoms with Crippen molar-refractivity contribution in [1.29, 1.82) is 0 Å². The Hall–Kier alpha value is -3.47. The molecule has 1 amide bonds. The summed E-state index contributed by atoms with van der Waals surface area (Å²) in [4.78, 5) is 12.5. The van der Waals surface area contributed by atoms with Crippen LogP contribution in [-0.4, -0.2) is 34.9 Å². The third-order valence-electron chi connectivity index (χ3n) is 12.6. The number of rotatable bonds is 52. The minimum Gasteiger partial charge on any atom is -0.394 e. The molecule has 0 aromatic carbocycles. The molecule has 0 aromatic heterocycles. The molecule has 0 aliphatic carbocycles. The van der Waals surface area contributed by atoms with E-state index in [1.54, 1.807) is 6.08 Å². The van der Waals surface area contributed by atoms with Crippen molar-refractivity contribution in [3.05, 3.63) is 134 Å². The topological polar surface area (TPSA) is 69.6 Å². The highest BCUT2D eigenvalue weighted by Crippen LogP contribution is 2.15. The standard InChI is InChI=1S/C66H111NO3/c1-3-5-7-9-11-13-15-17-19-21-23-25-27-29-31-32-33-34-36-38-40-42-44-46-48-50-52-54-56-58-60-62-66(70)67-64(63-68)65(69)61-59-57-55-53-51-49-47-45-43-41-39-37-35-30-28-26-24-22-20-18-16-14-12-10-8-6-4-2/h5,7,11,13,17,19,23,25,29,31,33-34,38,40,43-46,51,53,59,61,64-65,68-69H,3-4,6,8-10,12,14-16,18,20-22,24,26-28,30,32,35-37,39,41-42,47-50,52,54-58,60,62-63H2,1-2H3,(H,67,70)/b7-5-,13-11-,19-17-,25-23-,31-29-,34-33-,40-38-,45-43+,46-44-,53-51+,61-59+. The van der Waals surface area contributed by atoms with Crippen LogP contribution < -0.4 is 5.32 Å². The first-order chi connectivity index (χ1) is 34.7. The Bertz CT molecular complexity index is 1420. The van der Waals surface area contributed by atoms with Crippen LogP contribution >= 0.6 is 0 Å². The minimum absolute atomic E-state index is 0.0970. The van der Waals surface area contributed by atoms with Crippen molar-refractivity contribution in [2.24, 2.45) is 0 Å². The second kappa shape index (κ2) is 59.8. The maximum atomic E-state index is 12.5. The van der Waals surface area contributed by atoms with Crippen molar-refractivity contribution in [3.63, 3.8) is 0 Å². The van der Waals surface area contributed by atoms with Gasteiger partial charge in [-0.15, -0.1) is 0 Å². The van der Waals surface area contributed by atoms with E-state index in [1.165, 1.54) is 135 Å². The zero-order chi connectivity index (χ0) is 50.6. The van der Waals surface area contributed by atoms with Crippen molar-refractivity contribution in [2.45, 2.75) is 270 Å². The molecule has 4 heteroatoms. The van der Waals surface area contributed by atoms with Gasteiger partial charge in [0.1, 0.15) is 0 Å². The Kier molecular flexibility index (Phi) is 56.9. The molecule has 0 aromatic rings. The molecule has 0 radical (unpaired) electrons. The number of allylic oxidation sites excluding steroid dienone is 21. The molecular weight excluding hydrogens is 855 g/mol. The average Bonchev–Trinajstić information content (AvgIpc) is 3.36. The number of carbonyl (C=O) groups is 1. The van der Waals surface area contributed by atoms with Crippen LogP contribution in [0.2, 0.25) is 0 Å². The Morgan fingerprint density at radius 1 is 0.357 bits per heavy atom. The fourth-order valence-electron chi connectivity index (χ4n) is 8.17. The maximum absolute atomic E-state index is 12.5. The first-order valence-electron chi connectivity index (χ1n) is 29.4. The quantitative estimate of drug-likeness (QED) is 0.0420. The molecule has 0 fully saturated rings. The number of nitrogens with one attached hydrogen (secondary N) is 1. The summed E-state index contributed by atoms with van der Waals surface area (Å²) in [6, 6.07) is -0.666. The predicted octanol–water partition coefficient (Wildman–Crippen LogP) is 19.8. The summed E-state index contributed by atoms with van der Waals surface area (Å²) < 4.78 is 0. The Balaban J connectivity index is 3.67. The minimum atomic E-state index is -0.888. The van der Waals surface area contributed by atoms with Crippen molar-refractivity contribution in [1.82, 2.24) is 5.32 Å². The summed E-state index contributed by atoms with van der Waals surface area (Å²) in [5, 5.41) is 23.2. The molecule has 398 valence electrons. The number of hydrogen-bond donors (Lipinski definition) is 3. The highest BCUT2D eigenvalue weighted by atomic mass is 16.3.